The lowest BCUT2D eigenvalue weighted by Crippen LogP contribution is -2.24. The van der Waals surface area contributed by atoms with Crippen molar-refractivity contribution in [1.82, 2.24) is 19.1 Å². The minimum absolute atomic E-state index is 0.0198. The number of anilines is 1. The fraction of sp³-hybridized carbons (Fsp3) is 0.0938. The molecule has 4 aromatic carbocycles. The molecular weight excluding hydrogens is 502 g/mol. The SMILES string of the molecule is CC(c1ccc2c(c1)C(=O)c1ccccc1C2=O)n1c(N)nc(=O)c2c1ncn2Cc1ccc2ccccc2c1. The zero-order chi connectivity index (χ0) is 27.5. The van der Waals surface area contributed by atoms with Gasteiger partial charge in [-0.1, -0.05) is 66.7 Å². The van der Waals surface area contributed by atoms with Crippen LogP contribution < -0.4 is 11.3 Å². The lowest BCUT2D eigenvalue weighted by atomic mass is 9.83. The number of hydrogen-bond donors (Lipinski definition) is 1. The Morgan fingerprint density at radius 2 is 1.45 bits per heavy atom. The molecule has 2 aromatic heterocycles. The van der Waals surface area contributed by atoms with E-state index in [9.17, 15) is 14.4 Å². The molecule has 6 aromatic rings. The van der Waals surface area contributed by atoms with Crippen molar-refractivity contribution < 1.29 is 9.59 Å². The van der Waals surface area contributed by atoms with Crippen LogP contribution in [0.4, 0.5) is 5.95 Å². The highest BCUT2D eigenvalue weighted by atomic mass is 16.1. The Kier molecular flexibility index (Phi) is 5.25. The van der Waals surface area contributed by atoms with Crippen molar-refractivity contribution in [1.29, 1.82) is 0 Å². The van der Waals surface area contributed by atoms with Gasteiger partial charge in [0.2, 0.25) is 5.95 Å². The second-order valence-corrected chi connectivity index (χ2v) is 10.1. The van der Waals surface area contributed by atoms with E-state index in [-0.39, 0.29) is 17.5 Å². The standard InChI is InChI=1S/C32H23N5O3/c1-18(21-12-13-25-26(15-21)29(39)24-9-5-4-8-23(24)28(25)38)37-30-27(31(40)35-32(37)33)36(17-34-30)16-19-10-11-20-6-2-3-7-22(20)14-19/h2-15,17-18H,16H2,1H3,(H2,33,35,40). The van der Waals surface area contributed by atoms with Gasteiger partial charge in [0, 0.05) is 28.8 Å². The Hall–Kier alpha value is -5.37. The summed E-state index contributed by atoms with van der Waals surface area (Å²) in [6.45, 7) is 2.33. The maximum atomic E-state index is 13.3. The number of carbonyl (C=O) groups is 2. The number of nitrogens with two attached hydrogens (primary N) is 1. The molecule has 1 unspecified atom stereocenters. The first kappa shape index (κ1) is 23.7. The highest BCUT2D eigenvalue weighted by molar-refractivity contribution is 6.28. The number of carbonyl (C=O) groups excluding carboxylic acids is 2. The molecular formula is C32H23N5O3. The van der Waals surface area contributed by atoms with E-state index in [1.165, 1.54) is 0 Å². The Morgan fingerprint density at radius 3 is 2.23 bits per heavy atom. The minimum atomic E-state index is -0.461. The van der Waals surface area contributed by atoms with Crippen molar-refractivity contribution in [2.45, 2.75) is 19.5 Å². The number of fused-ring (bicyclic) bond motifs is 4. The molecule has 0 radical (unpaired) electrons. The molecule has 8 nitrogen and oxygen atoms in total. The van der Waals surface area contributed by atoms with Crippen molar-refractivity contribution in [3.05, 3.63) is 135 Å². The fourth-order valence-corrected chi connectivity index (χ4v) is 5.65. The Balaban J connectivity index is 1.30. The van der Waals surface area contributed by atoms with Gasteiger partial charge in [-0.2, -0.15) is 4.98 Å². The second-order valence-electron chi connectivity index (χ2n) is 10.1. The third kappa shape index (κ3) is 3.57. The van der Waals surface area contributed by atoms with Gasteiger partial charge in [0.25, 0.3) is 0 Å². The topological polar surface area (TPSA) is 113 Å². The van der Waals surface area contributed by atoms with Gasteiger partial charge in [0.15, 0.2) is 22.7 Å². The van der Waals surface area contributed by atoms with Crippen molar-refractivity contribution in [3.8, 4) is 0 Å². The van der Waals surface area contributed by atoms with Crippen molar-refractivity contribution in [2.75, 3.05) is 5.73 Å². The smallest absolute Gasteiger partial charge is 0.300 e. The van der Waals surface area contributed by atoms with E-state index in [1.807, 2.05) is 25.1 Å². The zero-order valence-corrected chi connectivity index (χ0v) is 21.5. The molecule has 1 aliphatic carbocycles. The van der Waals surface area contributed by atoms with Gasteiger partial charge in [-0.3, -0.25) is 19.0 Å². The maximum absolute atomic E-state index is 13.3. The highest BCUT2D eigenvalue weighted by Gasteiger charge is 2.30. The largest absolute Gasteiger partial charge is 0.369 e. The summed E-state index contributed by atoms with van der Waals surface area (Å²) in [5, 5.41) is 2.25. The van der Waals surface area contributed by atoms with Crippen LogP contribution in [0.25, 0.3) is 21.9 Å². The average Bonchev–Trinajstić information content (AvgIpc) is 3.39. The van der Waals surface area contributed by atoms with Crippen molar-refractivity contribution in [2.24, 2.45) is 0 Å². The van der Waals surface area contributed by atoms with Gasteiger partial charge in [0.05, 0.1) is 12.4 Å². The number of nitrogen functional groups attached to an aromatic ring is 1. The van der Waals surface area contributed by atoms with Crippen LogP contribution in [0.2, 0.25) is 0 Å². The van der Waals surface area contributed by atoms with Crippen LogP contribution in [0.1, 0.15) is 55.9 Å². The van der Waals surface area contributed by atoms with Gasteiger partial charge in [0.1, 0.15) is 0 Å². The van der Waals surface area contributed by atoms with Crippen LogP contribution in [0.3, 0.4) is 0 Å². The lowest BCUT2D eigenvalue weighted by Gasteiger charge is -2.22. The molecule has 40 heavy (non-hydrogen) atoms. The number of imidazole rings is 1. The number of ketones is 2. The highest BCUT2D eigenvalue weighted by Crippen LogP contribution is 2.31. The molecule has 0 aliphatic heterocycles. The molecule has 1 atom stereocenters. The predicted molar refractivity (Wildman–Crippen MR) is 153 cm³/mol. The van der Waals surface area contributed by atoms with Gasteiger partial charge in [-0.15, -0.1) is 0 Å². The van der Waals surface area contributed by atoms with Crippen LogP contribution in [-0.2, 0) is 6.54 Å². The van der Waals surface area contributed by atoms with Gasteiger partial charge < -0.3 is 10.3 Å². The average molecular weight is 526 g/mol. The van der Waals surface area contributed by atoms with E-state index in [0.717, 1.165) is 21.9 Å². The minimum Gasteiger partial charge on any atom is -0.369 e. The molecule has 0 fully saturated rings. The summed E-state index contributed by atoms with van der Waals surface area (Å²) in [6.07, 6.45) is 1.62. The quantitative estimate of drug-likeness (QED) is 0.355. The van der Waals surface area contributed by atoms with Crippen molar-refractivity contribution >= 4 is 39.5 Å². The molecule has 1 aliphatic rings. The number of nitrogens with zero attached hydrogens (tertiary/aromatic N) is 4. The normalized spacial score (nSPS) is 13.4. The molecule has 194 valence electrons. The van der Waals surface area contributed by atoms with Crippen LogP contribution >= 0.6 is 0 Å². The number of hydrogen-bond acceptors (Lipinski definition) is 6. The monoisotopic (exact) mass is 525 g/mol. The van der Waals surface area contributed by atoms with E-state index in [4.69, 9.17) is 5.73 Å². The van der Waals surface area contributed by atoms with Gasteiger partial charge >= 0.3 is 5.56 Å². The Labute approximate surface area is 228 Å². The third-order valence-corrected chi connectivity index (χ3v) is 7.70. The molecule has 2 heterocycles. The van der Waals surface area contributed by atoms with Crippen LogP contribution in [-0.4, -0.2) is 30.7 Å². The third-order valence-electron chi connectivity index (χ3n) is 7.70. The van der Waals surface area contributed by atoms with Gasteiger partial charge in [-0.05, 0) is 47.0 Å². The number of aromatic nitrogens is 4. The van der Waals surface area contributed by atoms with E-state index in [0.29, 0.717) is 40.0 Å². The second kappa shape index (κ2) is 8.84. The molecule has 8 heteroatoms. The molecule has 0 amide bonds. The first-order chi connectivity index (χ1) is 19.4. The Bertz CT molecular complexity index is 2090. The van der Waals surface area contributed by atoms with Gasteiger partial charge in [-0.25, -0.2) is 4.98 Å². The van der Waals surface area contributed by atoms with E-state index in [1.54, 1.807) is 57.9 Å². The van der Waals surface area contributed by atoms with Crippen molar-refractivity contribution in [3.63, 3.8) is 0 Å². The molecule has 0 saturated carbocycles. The summed E-state index contributed by atoms with van der Waals surface area (Å²) in [5.74, 6) is -0.356. The fourth-order valence-electron chi connectivity index (χ4n) is 5.65. The number of benzene rings is 4. The van der Waals surface area contributed by atoms with Crippen LogP contribution in [0.15, 0.2) is 96.1 Å². The molecule has 0 spiro atoms. The number of rotatable bonds is 4. The summed E-state index contributed by atoms with van der Waals surface area (Å²) in [4.78, 5) is 48.1. The molecule has 0 saturated heterocycles. The predicted octanol–water partition coefficient (Wildman–Crippen LogP) is 4.76. The van der Waals surface area contributed by atoms with E-state index >= 15 is 0 Å². The van der Waals surface area contributed by atoms with Crippen LogP contribution in [0.5, 0.6) is 0 Å². The summed E-state index contributed by atoms with van der Waals surface area (Å²) < 4.78 is 3.47. The molecule has 0 bridgehead atoms. The Morgan fingerprint density at radius 1 is 0.775 bits per heavy atom. The summed E-state index contributed by atoms with van der Waals surface area (Å²) >= 11 is 0. The summed E-state index contributed by atoms with van der Waals surface area (Å²) in [5.41, 5.74) is 9.84. The first-order valence-electron chi connectivity index (χ1n) is 12.9. The maximum Gasteiger partial charge on any atom is 0.300 e. The van der Waals surface area contributed by atoms with E-state index < -0.39 is 11.6 Å². The van der Waals surface area contributed by atoms with E-state index in [2.05, 4.69) is 34.2 Å². The zero-order valence-electron chi connectivity index (χ0n) is 21.5. The summed E-state index contributed by atoms with van der Waals surface area (Å²) in [7, 11) is 0. The summed E-state index contributed by atoms with van der Waals surface area (Å²) in [6, 6.07) is 25.9. The van der Waals surface area contributed by atoms with Crippen LogP contribution in [0, 0.1) is 0 Å². The molecule has 7 rings (SSSR count). The first-order valence-corrected chi connectivity index (χ1v) is 12.9. The molecule has 2 N–H and O–H groups in total. The lowest BCUT2D eigenvalue weighted by molar-refractivity contribution is 0.0979.